The lowest BCUT2D eigenvalue weighted by atomic mass is 10.1. The fourth-order valence-electron chi connectivity index (χ4n) is 2.55. The third-order valence-electron chi connectivity index (χ3n) is 4.02. The molecule has 1 aromatic carbocycles. The third kappa shape index (κ3) is 6.69. The predicted octanol–water partition coefficient (Wildman–Crippen LogP) is 2.36. The monoisotopic (exact) mass is 374 g/mol. The highest BCUT2D eigenvalue weighted by Gasteiger charge is 2.08. The molecule has 0 aliphatic rings. The van der Waals surface area contributed by atoms with Crippen LogP contribution in [0.3, 0.4) is 0 Å². The maximum absolute atomic E-state index is 11.9. The molecule has 146 valence electrons. The van der Waals surface area contributed by atoms with E-state index >= 15 is 0 Å². The highest BCUT2D eigenvalue weighted by Crippen LogP contribution is 2.27. The van der Waals surface area contributed by atoms with Gasteiger partial charge in [-0.15, -0.1) is 0 Å². The van der Waals surface area contributed by atoms with Crippen LogP contribution in [0.15, 0.2) is 34.7 Å². The summed E-state index contributed by atoms with van der Waals surface area (Å²) in [6.07, 6.45) is 0.951. The van der Waals surface area contributed by atoms with E-state index in [9.17, 15) is 9.59 Å². The summed E-state index contributed by atoms with van der Waals surface area (Å²) in [7, 11) is 3.17. The molecule has 0 radical (unpaired) electrons. The van der Waals surface area contributed by atoms with E-state index in [-0.39, 0.29) is 24.7 Å². The molecule has 0 saturated heterocycles. The second kappa shape index (κ2) is 10.3. The smallest absolute Gasteiger partial charge is 0.220 e. The lowest BCUT2D eigenvalue weighted by Crippen LogP contribution is -2.28. The number of hydrogen-bond acceptors (Lipinski definition) is 5. The number of ether oxygens (including phenoxy) is 2. The molecule has 0 atom stereocenters. The summed E-state index contributed by atoms with van der Waals surface area (Å²) < 4.78 is 15.8. The van der Waals surface area contributed by atoms with Gasteiger partial charge >= 0.3 is 0 Å². The number of furan rings is 1. The van der Waals surface area contributed by atoms with Gasteiger partial charge in [-0.1, -0.05) is 6.07 Å². The molecule has 0 unspecified atom stereocenters. The van der Waals surface area contributed by atoms with Crippen molar-refractivity contribution in [2.75, 3.05) is 20.8 Å². The Morgan fingerprint density at radius 1 is 0.963 bits per heavy atom. The van der Waals surface area contributed by atoms with Crippen molar-refractivity contribution >= 4 is 11.8 Å². The minimum Gasteiger partial charge on any atom is -0.493 e. The first-order valence-corrected chi connectivity index (χ1v) is 8.81. The Labute approximate surface area is 159 Å². The molecular weight excluding hydrogens is 348 g/mol. The Morgan fingerprint density at radius 3 is 2.30 bits per heavy atom. The van der Waals surface area contributed by atoms with Crippen molar-refractivity contribution in [1.82, 2.24) is 10.6 Å². The van der Waals surface area contributed by atoms with Gasteiger partial charge in [0.05, 0.1) is 20.8 Å². The zero-order chi connectivity index (χ0) is 19.6. The van der Waals surface area contributed by atoms with E-state index in [2.05, 4.69) is 10.6 Å². The van der Waals surface area contributed by atoms with Gasteiger partial charge in [0.1, 0.15) is 11.5 Å². The van der Waals surface area contributed by atoms with Gasteiger partial charge in [-0.25, -0.2) is 0 Å². The number of nitrogens with one attached hydrogen (secondary N) is 2. The maximum Gasteiger partial charge on any atom is 0.220 e. The van der Waals surface area contributed by atoms with Crippen LogP contribution in [-0.4, -0.2) is 32.6 Å². The van der Waals surface area contributed by atoms with Crippen molar-refractivity contribution in [2.45, 2.75) is 32.7 Å². The molecule has 1 heterocycles. The number of carbonyl (C=O) groups excluding carboxylic acids is 2. The molecular formula is C20H26N2O5. The van der Waals surface area contributed by atoms with Crippen molar-refractivity contribution in [3.63, 3.8) is 0 Å². The largest absolute Gasteiger partial charge is 0.493 e. The number of carbonyl (C=O) groups is 2. The van der Waals surface area contributed by atoms with Crippen molar-refractivity contribution in [3.05, 3.63) is 47.4 Å². The minimum absolute atomic E-state index is 0.141. The van der Waals surface area contributed by atoms with Crippen molar-refractivity contribution in [3.8, 4) is 11.5 Å². The quantitative estimate of drug-likeness (QED) is 0.666. The molecule has 7 nitrogen and oxygen atoms in total. The second-order valence-electron chi connectivity index (χ2n) is 6.08. The maximum atomic E-state index is 11.9. The highest BCUT2D eigenvalue weighted by molar-refractivity contribution is 5.83. The molecule has 2 amide bonds. The lowest BCUT2D eigenvalue weighted by molar-refractivity contribution is -0.126. The van der Waals surface area contributed by atoms with Gasteiger partial charge in [0, 0.05) is 19.4 Å². The predicted molar refractivity (Wildman–Crippen MR) is 101 cm³/mol. The van der Waals surface area contributed by atoms with Crippen LogP contribution < -0.4 is 20.1 Å². The Kier molecular flexibility index (Phi) is 7.73. The van der Waals surface area contributed by atoms with E-state index in [0.717, 1.165) is 11.3 Å². The molecule has 2 N–H and O–H groups in total. The van der Waals surface area contributed by atoms with Gasteiger partial charge < -0.3 is 24.5 Å². The summed E-state index contributed by atoms with van der Waals surface area (Å²) in [4.78, 5) is 23.7. The van der Waals surface area contributed by atoms with E-state index in [0.29, 0.717) is 36.8 Å². The normalized spacial score (nSPS) is 10.3. The Morgan fingerprint density at radius 2 is 1.67 bits per heavy atom. The SMILES string of the molecule is COc1ccc(CCNC(=O)CCC(=O)NCc2ccc(C)o2)cc1OC. The summed E-state index contributed by atoms with van der Waals surface area (Å²) >= 11 is 0. The van der Waals surface area contributed by atoms with Gasteiger partial charge in [-0.05, 0) is 43.2 Å². The molecule has 0 aliphatic heterocycles. The van der Waals surface area contributed by atoms with Crippen molar-refractivity contribution in [2.24, 2.45) is 0 Å². The van der Waals surface area contributed by atoms with Crippen LogP contribution in [0.25, 0.3) is 0 Å². The summed E-state index contributed by atoms with van der Waals surface area (Å²) in [6, 6.07) is 9.30. The lowest BCUT2D eigenvalue weighted by Gasteiger charge is -2.10. The molecule has 0 bridgehead atoms. The Hall–Kier alpha value is -2.96. The van der Waals surface area contributed by atoms with Crippen LogP contribution in [0.5, 0.6) is 11.5 Å². The van der Waals surface area contributed by atoms with E-state index in [1.165, 1.54) is 0 Å². The van der Waals surface area contributed by atoms with E-state index < -0.39 is 0 Å². The molecule has 0 fully saturated rings. The first-order valence-electron chi connectivity index (χ1n) is 8.81. The number of hydrogen-bond donors (Lipinski definition) is 2. The molecule has 0 spiro atoms. The Bertz CT molecular complexity index is 769. The van der Waals surface area contributed by atoms with Gasteiger partial charge in [-0.2, -0.15) is 0 Å². The number of amides is 2. The molecule has 7 heteroatoms. The number of methoxy groups -OCH3 is 2. The second-order valence-corrected chi connectivity index (χ2v) is 6.08. The average molecular weight is 374 g/mol. The fraction of sp³-hybridized carbons (Fsp3) is 0.400. The van der Waals surface area contributed by atoms with Gasteiger partial charge in [0.2, 0.25) is 11.8 Å². The highest BCUT2D eigenvalue weighted by atomic mass is 16.5. The number of aryl methyl sites for hydroxylation is 1. The van der Waals surface area contributed by atoms with Crippen LogP contribution in [0, 0.1) is 6.92 Å². The first-order chi connectivity index (χ1) is 13.0. The summed E-state index contributed by atoms with van der Waals surface area (Å²) in [5, 5.41) is 5.55. The summed E-state index contributed by atoms with van der Waals surface area (Å²) in [5.41, 5.74) is 1.03. The third-order valence-corrected chi connectivity index (χ3v) is 4.02. The van der Waals surface area contributed by atoms with E-state index in [1.54, 1.807) is 14.2 Å². The van der Waals surface area contributed by atoms with Crippen LogP contribution >= 0.6 is 0 Å². The number of benzene rings is 1. The average Bonchev–Trinajstić information content (AvgIpc) is 3.09. The van der Waals surface area contributed by atoms with Crippen molar-refractivity contribution < 1.29 is 23.5 Å². The van der Waals surface area contributed by atoms with E-state index in [1.807, 2.05) is 37.3 Å². The van der Waals surface area contributed by atoms with Crippen LogP contribution in [0.1, 0.15) is 29.9 Å². The number of rotatable bonds is 10. The van der Waals surface area contributed by atoms with Crippen LogP contribution in [0.4, 0.5) is 0 Å². The molecule has 27 heavy (non-hydrogen) atoms. The van der Waals surface area contributed by atoms with Gasteiger partial charge in [-0.3, -0.25) is 9.59 Å². The Balaban J connectivity index is 1.65. The van der Waals surface area contributed by atoms with Crippen LogP contribution in [-0.2, 0) is 22.6 Å². The topological polar surface area (TPSA) is 89.8 Å². The summed E-state index contributed by atoms with van der Waals surface area (Å²) in [6.45, 7) is 2.66. The fourth-order valence-corrected chi connectivity index (χ4v) is 2.55. The van der Waals surface area contributed by atoms with Crippen LogP contribution in [0.2, 0.25) is 0 Å². The molecule has 2 rings (SSSR count). The first kappa shape index (κ1) is 20.4. The summed E-state index contributed by atoms with van der Waals surface area (Å²) in [5.74, 6) is 2.48. The minimum atomic E-state index is -0.181. The standard InChI is InChI=1S/C20H26N2O5/c1-14-4-6-16(27-14)13-22-20(24)9-8-19(23)21-11-10-15-5-7-17(25-2)18(12-15)26-3/h4-7,12H,8-11,13H2,1-3H3,(H,21,23)(H,22,24). The molecule has 2 aromatic rings. The zero-order valence-corrected chi connectivity index (χ0v) is 16.0. The van der Waals surface area contributed by atoms with Gasteiger partial charge in [0.25, 0.3) is 0 Å². The van der Waals surface area contributed by atoms with Gasteiger partial charge in [0.15, 0.2) is 11.5 Å². The zero-order valence-electron chi connectivity index (χ0n) is 16.0. The molecule has 0 saturated carbocycles. The molecule has 1 aromatic heterocycles. The molecule has 0 aliphatic carbocycles. The van der Waals surface area contributed by atoms with E-state index in [4.69, 9.17) is 13.9 Å². The van der Waals surface area contributed by atoms with Crippen molar-refractivity contribution in [1.29, 1.82) is 0 Å².